The maximum absolute atomic E-state index is 12.2. The quantitative estimate of drug-likeness (QED) is 0.807. The summed E-state index contributed by atoms with van der Waals surface area (Å²) in [6.45, 7) is 12.7. The standard InChI is InChI=1S/C16H33N3O2/c1-5-14(7-8-17)18-9-6-10-19(12-11-18)15(20)13-21-16(2,3)4/h14H,5-13,17H2,1-4H3. The molecule has 0 spiro atoms. The summed E-state index contributed by atoms with van der Waals surface area (Å²) in [5, 5.41) is 0. The first-order valence-corrected chi connectivity index (χ1v) is 8.23. The Morgan fingerprint density at radius 2 is 1.95 bits per heavy atom. The third-order valence-corrected chi connectivity index (χ3v) is 4.00. The normalized spacial score (nSPS) is 19.4. The summed E-state index contributed by atoms with van der Waals surface area (Å²) in [5.41, 5.74) is 5.44. The van der Waals surface area contributed by atoms with Gasteiger partial charge in [-0.05, 0) is 46.6 Å². The Hall–Kier alpha value is -0.650. The molecule has 0 aromatic heterocycles. The highest BCUT2D eigenvalue weighted by molar-refractivity contribution is 5.77. The Kier molecular flexibility index (Phi) is 7.63. The molecule has 1 rings (SSSR count). The highest BCUT2D eigenvalue weighted by Crippen LogP contribution is 2.13. The fraction of sp³-hybridized carbons (Fsp3) is 0.938. The lowest BCUT2D eigenvalue weighted by atomic mass is 10.1. The highest BCUT2D eigenvalue weighted by atomic mass is 16.5. The second-order valence-electron chi connectivity index (χ2n) is 6.81. The molecule has 0 aromatic carbocycles. The summed E-state index contributed by atoms with van der Waals surface area (Å²) < 4.78 is 5.60. The number of hydrogen-bond donors (Lipinski definition) is 1. The molecule has 1 amide bonds. The molecule has 0 bridgehead atoms. The number of carbonyl (C=O) groups is 1. The van der Waals surface area contributed by atoms with E-state index in [9.17, 15) is 4.79 Å². The zero-order chi connectivity index (χ0) is 15.9. The topological polar surface area (TPSA) is 58.8 Å². The van der Waals surface area contributed by atoms with E-state index >= 15 is 0 Å². The minimum Gasteiger partial charge on any atom is -0.366 e. The first-order chi connectivity index (χ1) is 9.87. The van der Waals surface area contributed by atoms with Gasteiger partial charge in [0.2, 0.25) is 5.91 Å². The molecule has 2 N–H and O–H groups in total. The molecule has 1 aliphatic rings. The van der Waals surface area contributed by atoms with Gasteiger partial charge in [0.05, 0.1) is 5.60 Å². The second-order valence-corrected chi connectivity index (χ2v) is 6.81. The molecule has 1 aliphatic heterocycles. The molecule has 124 valence electrons. The molecule has 0 saturated carbocycles. The maximum atomic E-state index is 12.2. The van der Waals surface area contributed by atoms with Gasteiger partial charge < -0.3 is 15.4 Å². The van der Waals surface area contributed by atoms with Gasteiger partial charge in [0, 0.05) is 32.2 Å². The van der Waals surface area contributed by atoms with Crippen LogP contribution in [0.2, 0.25) is 0 Å². The van der Waals surface area contributed by atoms with Crippen LogP contribution in [0.1, 0.15) is 47.0 Å². The Morgan fingerprint density at radius 3 is 2.52 bits per heavy atom. The van der Waals surface area contributed by atoms with E-state index in [4.69, 9.17) is 10.5 Å². The molecule has 21 heavy (non-hydrogen) atoms. The molecule has 1 saturated heterocycles. The Balaban J connectivity index is 2.46. The molecule has 0 aromatic rings. The van der Waals surface area contributed by atoms with Gasteiger partial charge >= 0.3 is 0 Å². The van der Waals surface area contributed by atoms with Gasteiger partial charge in [-0.3, -0.25) is 9.69 Å². The van der Waals surface area contributed by atoms with Crippen molar-refractivity contribution < 1.29 is 9.53 Å². The summed E-state index contributed by atoms with van der Waals surface area (Å²) in [4.78, 5) is 16.7. The van der Waals surface area contributed by atoms with Gasteiger partial charge in [-0.25, -0.2) is 0 Å². The summed E-state index contributed by atoms with van der Waals surface area (Å²) >= 11 is 0. The summed E-state index contributed by atoms with van der Waals surface area (Å²) in [7, 11) is 0. The van der Waals surface area contributed by atoms with Crippen LogP contribution in [-0.2, 0) is 9.53 Å². The van der Waals surface area contributed by atoms with Crippen LogP contribution in [0, 0.1) is 0 Å². The molecule has 1 unspecified atom stereocenters. The predicted molar refractivity (Wildman–Crippen MR) is 86.2 cm³/mol. The van der Waals surface area contributed by atoms with Crippen molar-refractivity contribution >= 4 is 5.91 Å². The van der Waals surface area contributed by atoms with Crippen molar-refractivity contribution in [2.45, 2.75) is 58.6 Å². The van der Waals surface area contributed by atoms with E-state index in [1.807, 2.05) is 25.7 Å². The minimum absolute atomic E-state index is 0.110. The van der Waals surface area contributed by atoms with Gasteiger partial charge in [0.25, 0.3) is 0 Å². The molecule has 0 aliphatic carbocycles. The van der Waals surface area contributed by atoms with E-state index in [0.717, 1.165) is 52.0 Å². The van der Waals surface area contributed by atoms with E-state index < -0.39 is 0 Å². The molecule has 5 heteroatoms. The number of ether oxygens (including phenoxy) is 1. The van der Waals surface area contributed by atoms with Crippen molar-refractivity contribution in [3.63, 3.8) is 0 Å². The number of hydrogen-bond acceptors (Lipinski definition) is 4. The van der Waals surface area contributed by atoms with Crippen LogP contribution in [0.15, 0.2) is 0 Å². The zero-order valence-corrected chi connectivity index (χ0v) is 14.2. The zero-order valence-electron chi connectivity index (χ0n) is 14.2. The first kappa shape index (κ1) is 18.4. The van der Waals surface area contributed by atoms with E-state index in [1.54, 1.807) is 0 Å². The maximum Gasteiger partial charge on any atom is 0.248 e. The molecule has 1 heterocycles. The predicted octanol–water partition coefficient (Wildman–Crippen LogP) is 1.46. The van der Waals surface area contributed by atoms with Crippen molar-refractivity contribution in [3.05, 3.63) is 0 Å². The number of rotatable bonds is 6. The van der Waals surface area contributed by atoms with Crippen LogP contribution < -0.4 is 5.73 Å². The summed E-state index contributed by atoms with van der Waals surface area (Å²) in [6.07, 6.45) is 3.19. The molecule has 1 fully saturated rings. The van der Waals surface area contributed by atoms with Crippen LogP contribution in [-0.4, -0.2) is 66.7 Å². The van der Waals surface area contributed by atoms with Crippen LogP contribution >= 0.6 is 0 Å². The van der Waals surface area contributed by atoms with Gasteiger partial charge in [0.1, 0.15) is 6.61 Å². The van der Waals surface area contributed by atoms with E-state index in [2.05, 4.69) is 11.8 Å². The van der Waals surface area contributed by atoms with Gasteiger partial charge in [-0.2, -0.15) is 0 Å². The van der Waals surface area contributed by atoms with Gasteiger partial charge in [-0.1, -0.05) is 6.92 Å². The SMILES string of the molecule is CCC(CCN)N1CCCN(C(=O)COC(C)(C)C)CC1. The van der Waals surface area contributed by atoms with Crippen molar-refractivity contribution in [1.29, 1.82) is 0 Å². The van der Waals surface area contributed by atoms with Gasteiger partial charge in [-0.15, -0.1) is 0 Å². The van der Waals surface area contributed by atoms with Crippen LogP contribution in [0.25, 0.3) is 0 Å². The van der Waals surface area contributed by atoms with E-state index in [-0.39, 0.29) is 18.1 Å². The Bertz CT molecular complexity index is 315. The third kappa shape index (κ3) is 6.76. The molecule has 1 atom stereocenters. The Labute approximate surface area is 129 Å². The number of carbonyl (C=O) groups excluding carboxylic acids is 1. The second kappa shape index (κ2) is 8.71. The van der Waals surface area contributed by atoms with Gasteiger partial charge in [0.15, 0.2) is 0 Å². The summed E-state index contributed by atoms with van der Waals surface area (Å²) in [6, 6.07) is 0.552. The van der Waals surface area contributed by atoms with E-state index in [0.29, 0.717) is 6.04 Å². The first-order valence-electron chi connectivity index (χ1n) is 8.23. The molecule has 0 radical (unpaired) electrons. The average Bonchev–Trinajstić information content (AvgIpc) is 2.67. The fourth-order valence-electron chi connectivity index (χ4n) is 2.76. The molecular weight excluding hydrogens is 266 g/mol. The smallest absolute Gasteiger partial charge is 0.248 e. The van der Waals surface area contributed by atoms with Crippen molar-refractivity contribution in [2.75, 3.05) is 39.3 Å². The van der Waals surface area contributed by atoms with Crippen LogP contribution in [0.5, 0.6) is 0 Å². The average molecular weight is 299 g/mol. The summed E-state index contributed by atoms with van der Waals surface area (Å²) in [5.74, 6) is 0.110. The third-order valence-electron chi connectivity index (χ3n) is 4.00. The molecule has 5 nitrogen and oxygen atoms in total. The lowest BCUT2D eigenvalue weighted by molar-refractivity contribution is -0.140. The fourth-order valence-corrected chi connectivity index (χ4v) is 2.76. The largest absolute Gasteiger partial charge is 0.366 e. The van der Waals surface area contributed by atoms with Crippen LogP contribution in [0.3, 0.4) is 0 Å². The minimum atomic E-state index is -0.262. The lowest BCUT2D eigenvalue weighted by Crippen LogP contribution is -2.41. The number of amides is 1. The number of nitrogens with zero attached hydrogens (tertiary/aromatic N) is 2. The lowest BCUT2D eigenvalue weighted by Gasteiger charge is -2.29. The number of nitrogens with two attached hydrogens (primary N) is 1. The highest BCUT2D eigenvalue weighted by Gasteiger charge is 2.23. The van der Waals surface area contributed by atoms with E-state index in [1.165, 1.54) is 0 Å². The van der Waals surface area contributed by atoms with Crippen molar-refractivity contribution in [2.24, 2.45) is 5.73 Å². The van der Waals surface area contributed by atoms with Crippen molar-refractivity contribution in [3.8, 4) is 0 Å². The van der Waals surface area contributed by atoms with Crippen LogP contribution in [0.4, 0.5) is 0 Å². The Morgan fingerprint density at radius 1 is 1.24 bits per heavy atom. The monoisotopic (exact) mass is 299 g/mol. The van der Waals surface area contributed by atoms with Crippen molar-refractivity contribution in [1.82, 2.24) is 9.80 Å². The molecular formula is C16H33N3O2.